The summed E-state index contributed by atoms with van der Waals surface area (Å²) in [7, 11) is 5.89. The molecule has 2 atom stereocenters. The van der Waals surface area contributed by atoms with E-state index in [0.717, 1.165) is 109 Å². The summed E-state index contributed by atoms with van der Waals surface area (Å²) >= 11 is 0. The summed E-state index contributed by atoms with van der Waals surface area (Å²) in [4.78, 5) is 37.0. The first kappa shape index (κ1) is 64.0. The molecule has 68 heavy (non-hydrogen) atoms. The number of ether oxygens (including phenoxy) is 4. The summed E-state index contributed by atoms with van der Waals surface area (Å²) in [6.07, 6.45) is 64.2. The summed E-state index contributed by atoms with van der Waals surface area (Å²) in [5, 5.41) is 11.7. The van der Waals surface area contributed by atoms with Crippen LogP contribution in [-0.4, -0.2) is 82.3 Å². The Hall–Kier alpha value is -4.05. The third-order valence-corrected chi connectivity index (χ3v) is 10.8. The van der Waals surface area contributed by atoms with Crippen LogP contribution in [0.25, 0.3) is 0 Å². The number of hydrogen-bond acceptors (Lipinski definition) is 8. The average Bonchev–Trinajstić information content (AvgIpc) is 3.30. The molecular formula is C59H97NO8. The van der Waals surface area contributed by atoms with Gasteiger partial charge in [-0.1, -0.05) is 200 Å². The van der Waals surface area contributed by atoms with Crippen LogP contribution in [0.4, 0.5) is 0 Å². The number of esters is 2. The maximum atomic E-state index is 12.8. The predicted octanol–water partition coefficient (Wildman–Crippen LogP) is 13.8. The molecule has 386 valence electrons. The van der Waals surface area contributed by atoms with Crippen LogP contribution in [0.5, 0.6) is 0 Å². The number of carboxylic acid groups (broad SMARTS) is 1. The van der Waals surface area contributed by atoms with Crippen LogP contribution < -0.4 is 5.11 Å². The van der Waals surface area contributed by atoms with Crippen LogP contribution in [0.2, 0.25) is 0 Å². The number of allylic oxidation sites excluding steroid dienone is 18. The van der Waals surface area contributed by atoms with E-state index in [0.29, 0.717) is 17.4 Å². The molecule has 0 aromatic carbocycles. The number of rotatable bonds is 47. The van der Waals surface area contributed by atoms with Crippen LogP contribution in [0.15, 0.2) is 109 Å². The van der Waals surface area contributed by atoms with Gasteiger partial charge in [-0.2, -0.15) is 0 Å². The van der Waals surface area contributed by atoms with E-state index >= 15 is 0 Å². The molecule has 0 rings (SSSR count). The van der Waals surface area contributed by atoms with Gasteiger partial charge in [-0.3, -0.25) is 9.59 Å². The lowest BCUT2D eigenvalue weighted by Gasteiger charge is -2.26. The van der Waals surface area contributed by atoms with E-state index in [1.54, 1.807) is 0 Å². The van der Waals surface area contributed by atoms with E-state index in [-0.39, 0.29) is 38.6 Å². The molecule has 0 aliphatic heterocycles. The third-order valence-electron chi connectivity index (χ3n) is 10.8. The van der Waals surface area contributed by atoms with Crippen LogP contribution in [0.3, 0.4) is 0 Å². The summed E-state index contributed by atoms with van der Waals surface area (Å²) in [5.74, 6) is -2.32. The van der Waals surface area contributed by atoms with Gasteiger partial charge in [0.2, 0.25) is 0 Å². The first-order valence-electron chi connectivity index (χ1n) is 26.5. The Morgan fingerprint density at radius 1 is 0.456 bits per heavy atom. The Morgan fingerprint density at radius 3 is 1.25 bits per heavy atom. The Balaban J connectivity index is 4.27. The number of hydrogen-bond donors (Lipinski definition) is 0. The number of unbranched alkanes of at least 4 members (excludes halogenated alkanes) is 14. The van der Waals surface area contributed by atoms with Crippen molar-refractivity contribution in [1.82, 2.24) is 0 Å². The molecule has 9 nitrogen and oxygen atoms in total. The van der Waals surface area contributed by atoms with Gasteiger partial charge in [-0.15, -0.1) is 0 Å². The fraction of sp³-hybridized carbons (Fsp3) is 0.644. The van der Waals surface area contributed by atoms with Crippen LogP contribution in [0, 0.1) is 0 Å². The van der Waals surface area contributed by atoms with Gasteiger partial charge < -0.3 is 33.3 Å². The minimum Gasteiger partial charge on any atom is -0.545 e. The molecule has 0 aromatic rings. The fourth-order valence-electron chi connectivity index (χ4n) is 6.70. The number of quaternary nitrogens is 1. The van der Waals surface area contributed by atoms with E-state index in [1.165, 1.54) is 44.9 Å². The molecule has 0 bridgehead atoms. The highest BCUT2D eigenvalue weighted by molar-refractivity contribution is 5.70. The lowest BCUT2D eigenvalue weighted by atomic mass is 10.1. The standard InChI is InChI=1S/C59H97NO8/c1-6-8-10-12-14-16-18-19-20-21-22-23-24-25-26-27-28-29-30-31-32-33-34-35-36-37-38-39-40-42-44-46-48-50-57(62)68-55(54-67-59(58(63)64)65-52-51-60(3,4)5)53-66-56(61)49-47-45-43-41-17-15-13-11-9-7-2/h8,10,14,16,19-20,22-23,25-26,28-29,31-32,34-35,37-38,55,59H,6-7,9,11-13,15,17-18,21,24,27,30,33,36,39-54H2,1-5H3/b10-8-,16-14-,20-19-,23-22-,26-25-,29-28-,32-31-,35-34-,38-37-. The molecule has 0 heterocycles. The summed E-state index contributed by atoms with van der Waals surface area (Å²) in [6.45, 7) is 4.57. The summed E-state index contributed by atoms with van der Waals surface area (Å²) in [5.41, 5.74) is 0. The number of likely N-dealkylation sites (N-methyl/N-ethyl adjacent to an activating group) is 1. The number of carbonyl (C=O) groups excluding carboxylic acids is 3. The Bertz CT molecular complexity index is 1480. The lowest BCUT2D eigenvalue weighted by molar-refractivity contribution is -0.870. The van der Waals surface area contributed by atoms with Crippen molar-refractivity contribution in [3.63, 3.8) is 0 Å². The van der Waals surface area contributed by atoms with E-state index in [2.05, 4.69) is 123 Å². The first-order valence-corrected chi connectivity index (χ1v) is 26.5. The second kappa shape index (κ2) is 49.4. The molecule has 0 aromatic heterocycles. The zero-order valence-corrected chi connectivity index (χ0v) is 43.7. The molecule has 0 aliphatic rings. The van der Waals surface area contributed by atoms with Crippen LogP contribution in [-0.2, 0) is 33.3 Å². The number of carboxylic acids is 1. The maximum absolute atomic E-state index is 12.8. The van der Waals surface area contributed by atoms with Gasteiger partial charge >= 0.3 is 11.9 Å². The average molecular weight is 948 g/mol. The summed E-state index contributed by atoms with van der Waals surface area (Å²) < 4.78 is 22.5. The van der Waals surface area contributed by atoms with Crippen molar-refractivity contribution in [2.24, 2.45) is 0 Å². The van der Waals surface area contributed by atoms with Gasteiger partial charge in [0.05, 0.1) is 40.3 Å². The Labute approximate surface area is 415 Å². The highest BCUT2D eigenvalue weighted by Gasteiger charge is 2.21. The zero-order valence-electron chi connectivity index (χ0n) is 43.7. The topological polar surface area (TPSA) is 111 Å². The van der Waals surface area contributed by atoms with Gasteiger partial charge in [-0.05, 0) is 83.5 Å². The van der Waals surface area contributed by atoms with Gasteiger partial charge in [0, 0.05) is 12.8 Å². The van der Waals surface area contributed by atoms with Crippen LogP contribution >= 0.6 is 0 Å². The van der Waals surface area contributed by atoms with Crippen molar-refractivity contribution in [1.29, 1.82) is 0 Å². The summed E-state index contributed by atoms with van der Waals surface area (Å²) in [6, 6.07) is 0. The number of nitrogens with zero attached hydrogens (tertiary/aromatic N) is 1. The van der Waals surface area contributed by atoms with Crippen molar-refractivity contribution in [2.45, 2.75) is 200 Å². The van der Waals surface area contributed by atoms with Crippen LogP contribution in [0.1, 0.15) is 187 Å². The Morgan fingerprint density at radius 2 is 0.838 bits per heavy atom. The molecule has 9 heteroatoms. The van der Waals surface area contributed by atoms with E-state index in [9.17, 15) is 19.5 Å². The molecular weight excluding hydrogens is 851 g/mol. The monoisotopic (exact) mass is 948 g/mol. The zero-order chi connectivity index (χ0) is 49.9. The van der Waals surface area contributed by atoms with Crippen molar-refractivity contribution in [3.05, 3.63) is 109 Å². The first-order chi connectivity index (χ1) is 33.1. The number of carbonyl (C=O) groups is 3. The minimum absolute atomic E-state index is 0.139. The van der Waals surface area contributed by atoms with Crippen molar-refractivity contribution in [3.8, 4) is 0 Å². The van der Waals surface area contributed by atoms with Gasteiger partial charge in [-0.25, -0.2) is 0 Å². The second-order valence-corrected chi connectivity index (χ2v) is 18.4. The molecule has 0 aliphatic carbocycles. The minimum atomic E-state index is -1.63. The predicted molar refractivity (Wildman–Crippen MR) is 283 cm³/mol. The largest absolute Gasteiger partial charge is 0.545 e. The maximum Gasteiger partial charge on any atom is 0.306 e. The normalized spacial score (nSPS) is 13.7. The molecule has 0 saturated heterocycles. The molecule has 0 amide bonds. The molecule has 0 N–H and O–H groups in total. The van der Waals surface area contributed by atoms with E-state index < -0.39 is 24.3 Å². The second-order valence-electron chi connectivity index (χ2n) is 18.4. The smallest absolute Gasteiger partial charge is 0.306 e. The van der Waals surface area contributed by atoms with Crippen molar-refractivity contribution in [2.75, 3.05) is 47.5 Å². The van der Waals surface area contributed by atoms with E-state index in [4.69, 9.17) is 18.9 Å². The Kier molecular flexibility index (Phi) is 46.4. The number of aliphatic carboxylic acids is 1. The third kappa shape index (κ3) is 49.8. The lowest BCUT2D eigenvalue weighted by Crippen LogP contribution is -2.44. The molecule has 2 unspecified atom stereocenters. The van der Waals surface area contributed by atoms with Gasteiger partial charge in [0.15, 0.2) is 12.4 Å². The molecule has 0 radical (unpaired) electrons. The van der Waals surface area contributed by atoms with Crippen molar-refractivity contribution < 1.29 is 42.9 Å². The molecule has 0 saturated carbocycles. The fourth-order valence-corrected chi connectivity index (χ4v) is 6.70. The molecule has 0 fully saturated rings. The van der Waals surface area contributed by atoms with Gasteiger partial charge in [0.1, 0.15) is 13.2 Å². The van der Waals surface area contributed by atoms with E-state index in [1.807, 2.05) is 21.1 Å². The highest BCUT2D eigenvalue weighted by Crippen LogP contribution is 2.13. The van der Waals surface area contributed by atoms with Crippen molar-refractivity contribution >= 4 is 17.9 Å². The quantitative estimate of drug-likeness (QED) is 0.0195. The van der Waals surface area contributed by atoms with Gasteiger partial charge in [0.25, 0.3) is 0 Å². The highest BCUT2D eigenvalue weighted by atomic mass is 16.7. The molecule has 0 spiro atoms. The SMILES string of the molecule is CC/C=C\C/C=C\C/C=C\C/C=C\C/C=C\C/C=C\C/C=C\C/C=C\C/C=C\CCCCCCCC(=O)OC(COC(=O)CCCCCCCCCCCC)COC(OCC[N+](C)(C)C)C(=O)[O-].